The van der Waals surface area contributed by atoms with E-state index >= 15 is 0 Å². The Hall–Kier alpha value is -2.60. The van der Waals surface area contributed by atoms with Crippen molar-refractivity contribution in [1.82, 2.24) is 4.57 Å². The molecule has 3 aromatic rings. The van der Waals surface area contributed by atoms with Crippen LogP contribution in [0.3, 0.4) is 0 Å². The highest BCUT2D eigenvalue weighted by Gasteiger charge is 2.01. The number of phenols is 2. The number of aromatic nitrogens is 1. The first-order valence-corrected chi connectivity index (χ1v) is 7.10. The molecule has 1 heterocycles. The molecule has 0 spiro atoms. The maximum absolute atomic E-state index is 9.66. The summed E-state index contributed by atoms with van der Waals surface area (Å²) in [5.74, 6) is -0.0211. The molecule has 0 radical (unpaired) electrons. The summed E-state index contributed by atoms with van der Waals surface area (Å²) < 4.78 is 3.11. The highest BCUT2D eigenvalue weighted by Crippen LogP contribution is 2.20. The van der Waals surface area contributed by atoms with Gasteiger partial charge in [-0.05, 0) is 24.3 Å². The predicted octanol–water partition coefficient (Wildman–Crippen LogP) is 2.59. The first-order chi connectivity index (χ1) is 10.1. The zero-order chi connectivity index (χ0) is 14.8. The van der Waals surface area contributed by atoms with Gasteiger partial charge in [-0.2, -0.15) is 5.10 Å². The fourth-order valence-corrected chi connectivity index (χ4v) is 2.94. The number of aryl methyl sites for hydroxylation is 1. The van der Waals surface area contributed by atoms with Gasteiger partial charge in [0, 0.05) is 18.7 Å². The summed E-state index contributed by atoms with van der Waals surface area (Å²) in [5, 5.41) is 27.1. The van der Waals surface area contributed by atoms with Crippen molar-refractivity contribution in [2.75, 3.05) is 0 Å². The molecule has 0 fully saturated rings. The van der Waals surface area contributed by atoms with Crippen molar-refractivity contribution in [1.29, 1.82) is 0 Å². The van der Waals surface area contributed by atoms with E-state index in [1.807, 2.05) is 35.9 Å². The molecule has 21 heavy (non-hydrogen) atoms. The van der Waals surface area contributed by atoms with Crippen LogP contribution < -0.4 is 4.80 Å². The Bertz CT molecular complexity index is 893. The van der Waals surface area contributed by atoms with Crippen LogP contribution in [-0.4, -0.2) is 21.0 Å². The van der Waals surface area contributed by atoms with Gasteiger partial charge < -0.3 is 14.8 Å². The van der Waals surface area contributed by atoms with Crippen LogP contribution in [0.25, 0.3) is 10.2 Å². The summed E-state index contributed by atoms with van der Waals surface area (Å²) in [6, 6.07) is 12.4. The summed E-state index contributed by atoms with van der Waals surface area (Å²) in [5.41, 5.74) is 1.60. The number of aromatic hydroxyl groups is 2. The molecule has 0 aliphatic rings. The average molecular weight is 299 g/mol. The minimum Gasteiger partial charge on any atom is -0.508 e. The van der Waals surface area contributed by atoms with Crippen molar-refractivity contribution in [2.24, 2.45) is 17.3 Å². The number of phenolic OH excluding ortho intramolecular Hbond substituents is 2. The van der Waals surface area contributed by atoms with E-state index in [4.69, 9.17) is 0 Å². The summed E-state index contributed by atoms with van der Waals surface area (Å²) >= 11 is 1.55. The van der Waals surface area contributed by atoms with Gasteiger partial charge in [0.05, 0.1) is 16.4 Å². The highest BCUT2D eigenvalue weighted by atomic mass is 32.1. The van der Waals surface area contributed by atoms with Crippen LogP contribution >= 0.6 is 11.3 Å². The van der Waals surface area contributed by atoms with E-state index in [9.17, 15) is 10.2 Å². The van der Waals surface area contributed by atoms with Crippen molar-refractivity contribution < 1.29 is 10.2 Å². The lowest BCUT2D eigenvalue weighted by atomic mass is 10.2. The number of para-hydroxylation sites is 1. The zero-order valence-electron chi connectivity index (χ0n) is 11.3. The standard InChI is InChI=1S/C15H13N3O2S/c1-18-12-4-2-3-5-14(12)21-15(18)17-16-9-10-6-7-11(19)8-13(10)20/h2-9,19-20H,1H3/b16-9+,17-15?. The lowest BCUT2D eigenvalue weighted by molar-refractivity contribution is 0.450. The third-order valence-electron chi connectivity index (χ3n) is 3.07. The number of nitrogens with zero attached hydrogens (tertiary/aromatic N) is 3. The fourth-order valence-electron chi connectivity index (χ4n) is 1.96. The molecule has 106 valence electrons. The second kappa shape index (κ2) is 5.41. The second-order valence-electron chi connectivity index (χ2n) is 4.50. The first-order valence-electron chi connectivity index (χ1n) is 6.29. The van der Waals surface area contributed by atoms with Gasteiger partial charge in [-0.3, -0.25) is 0 Å². The van der Waals surface area contributed by atoms with Crippen LogP contribution in [0.2, 0.25) is 0 Å². The molecule has 0 saturated heterocycles. The second-order valence-corrected chi connectivity index (χ2v) is 5.51. The van der Waals surface area contributed by atoms with Gasteiger partial charge in [0.2, 0.25) is 4.80 Å². The maximum Gasteiger partial charge on any atom is 0.211 e. The van der Waals surface area contributed by atoms with Crippen molar-refractivity contribution in [3.63, 3.8) is 0 Å². The minimum atomic E-state index is -0.0327. The highest BCUT2D eigenvalue weighted by molar-refractivity contribution is 7.16. The summed E-state index contributed by atoms with van der Waals surface area (Å²) in [4.78, 5) is 0.769. The number of thiazole rings is 1. The molecule has 6 heteroatoms. The molecule has 5 nitrogen and oxygen atoms in total. The van der Waals surface area contributed by atoms with Gasteiger partial charge in [0.1, 0.15) is 11.5 Å². The fraction of sp³-hybridized carbons (Fsp3) is 0.0667. The Kier molecular flexibility index (Phi) is 3.45. The summed E-state index contributed by atoms with van der Waals surface area (Å²) in [6.45, 7) is 0. The molecule has 2 N–H and O–H groups in total. The molecule has 0 aliphatic carbocycles. The Labute approximate surface area is 124 Å². The molecule has 0 saturated carbocycles. The Morgan fingerprint density at radius 2 is 1.95 bits per heavy atom. The Balaban J connectivity index is 1.97. The predicted molar refractivity (Wildman–Crippen MR) is 83.7 cm³/mol. The molecule has 3 rings (SSSR count). The molecule has 0 bridgehead atoms. The van der Waals surface area contributed by atoms with E-state index < -0.39 is 0 Å². The van der Waals surface area contributed by atoms with Crippen molar-refractivity contribution in [3.8, 4) is 11.5 Å². The maximum atomic E-state index is 9.66. The molecule has 0 unspecified atom stereocenters. The Morgan fingerprint density at radius 1 is 1.14 bits per heavy atom. The van der Waals surface area contributed by atoms with Gasteiger partial charge in [0.15, 0.2) is 0 Å². The minimum absolute atomic E-state index is 0.0116. The third kappa shape index (κ3) is 2.66. The van der Waals surface area contributed by atoms with Crippen LogP contribution in [0.1, 0.15) is 5.56 Å². The molecule has 0 atom stereocenters. The average Bonchev–Trinajstić information content (AvgIpc) is 2.79. The van der Waals surface area contributed by atoms with Crippen molar-refractivity contribution in [2.45, 2.75) is 0 Å². The third-order valence-corrected chi connectivity index (χ3v) is 4.17. The van der Waals surface area contributed by atoms with E-state index in [1.165, 1.54) is 18.3 Å². The number of benzene rings is 2. The number of rotatable bonds is 2. The van der Waals surface area contributed by atoms with E-state index in [0.29, 0.717) is 5.56 Å². The van der Waals surface area contributed by atoms with E-state index in [1.54, 1.807) is 17.4 Å². The summed E-state index contributed by atoms with van der Waals surface area (Å²) in [6.07, 6.45) is 1.46. The SMILES string of the molecule is Cn1c(=N/N=C/c2ccc(O)cc2O)sc2ccccc21. The zero-order valence-corrected chi connectivity index (χ0v) is 12.1. The van der Waals surface area contributed by atoms with Crippen LogP contribution in [0.15, 0.2) is 52.7 Å². The van der Waals surface area contributed by atoms with Crippen molar-refractivity contribution in [3.05, 3.63) is 52.8 Å². The molecule has 1 aromatic heterocycles. The number of hydrogen-bond acceptors (Lipinski definition) is 5. The van der Waals surface area contributed by atoms with E-state index in [-0.39, 0.29) is 11.5 Å². The van der Waals surface area contributed by atoms with Crippen molar-refractivity contribution >= 4 is 27.8 Å². The largest absolute Gasteiger partial charge is 0.508 e. The van der Waals surface area contributed by atoms with Gasteiger partial charge in [-0.15, -0.1) is 5.10 Å². The lowest BCUT2D eigenvalue weighted by Crippen LogP contribution is -2.08. The van der Waals surface area contributed by atoms with Crippen LogP contribution in [0.5, 0.6) is 11.5 Å². The smallest absolute Gasteiger partial charge is 0.211 e. The lowest BCUT2D eigenvalue weighted by Gasteiger charge is -1.97. The first kappa shape index (κ1) is 13.4. The quantitative estimate of drug-likeness (QED) is 0.564. The molecule has 2 aromatic carbocycles. The van der Waals surface area contributed by atoms with E-state index in [2.05, 4.69) is 10.2 Å². The topological polar surface area (TPSA) is 70.1 Å². The van der Waals surface area contributed by atoms with Gasteiger partial charge >= 0.3 is 0 Å². The number of fused-ring (bicyclic) bond motifs is 1. The van der Waals surface area contributed by atoms with Crippen LogP contribution in [0, 0.1) is 0 Å². The molecule has 0 aliphatic heterocycles. The van der Waals surface area contributed by atoms with Crippen LogP contribution in [0.4, 0.5) is 0 Å². The molecular formula is C15H13N3O2S. The normalized spacial score (nSPS) is 12.5. The monoisotopic (exact) mass is 299 g/mol. The Morgan fingerprint density at radius 3 is 2.71 bits per heavy atom. The van der Waals surface area contributed by atoms with Crippen LogP contribution in [-0.2, 0) is 7.05 Å². The summed E-state index contributed by atoms with van der Waals surface area (Å²) in [7, 11) is 1.94. The molecular weight excluding hydrogens is 286 g/mol. The van der Waals surface area contributed by atoms with Gasteiger partial charge in [-0.1, -0.05) is 23.5 Å². The molecule has 0 amide bonds. The van der Waals surface area contributed by atoms with Gasteiger partial charge in [0.25, 0.3) is 0 Å². The number of hydrogen-bond donors (Lipinski definition) is 2. The van der Waals surface area contributed by atoms with Gasteiger partial charge in [-0.25, -0.2) is 0 Å². The van der Waals surface area contributed by atoms with E-state index in [0.717, 1.165) is 15.0 Å².